The topological polar surface area (TPSA) is 30.9 Å². The van der Waals surface area contributed by atoms with Crippen LogP contribution >= 0.6 is 0 Å². The summed E-state index contributed by atoms with van der Waals surface area (Å²) in [5.74, 6) is 0.584. The number of nitrogens with zero attached hydrogens (tertiary/aromatic N) is 1. The van der Waals surface area contributed by atoms with E-state index in [0.29, 0.717) is 5.92 Å². The number of hydrogen-bond donors (Lipinski definition) is 1. The third-order valence-electron chi connectivity index (χ3n) is 10.4. The number of allylic oxidation sites excluding steroid dienone is 8. The van der Waals surface area contributed by atoms with Gasteiger partial charge in [0.1, 0.15) is 0 Å². The first kappa shape index (κ1) is 29.1. The van der Waals surface area contributed by atoms with Gasteiger partial charge in [0.15, 0.2) is 0 Å². The number of nitrogens with two attached hydrogens (primary N) is 1. The Morgan fingerprint density at radius 3 is 2.02 bits per heavy atom. The molecule has 0 spiro atoms. The van der Waals surface area contributed by atoms with Crippen LogP contribution in [-0.4, -0.2) is 4.57 Å². The van der Waals surface area contributed by atoms with Gasteiger partial charge in [-0.25, -0.2) is 0 Å². The molecule has 0 aliphatic heterocycles. The monoisotopic (exact) mass is 628 g/mol. The van der Waals surface area contributed by atoms with Gasteiger partial charge in [-0.05, 0) is 110 Å². The fourth-order valence-corrected chi connectivity index (χ4v) is 8.23. The molecule has 49 heavy (non-hydrogen) atoms. The van der Waals surface area contributed by atoms with Crippen molar-refractivity contribution in [2.75, 3.05) is 0 Å². The number of aryl methyl sites for hydroxylation is 1. The average Bonchev–Trinajstić information content (AvgIpc) is 3.44. The van der Waals surface area contributed by atoms with Crippen LogP contribution in [-0.2, 0) is 0 Å². The molecule has 0 radical (unpaired) electrons. The molecule has 0 saturated heterocycles. The maximum Gasteiger partial charge on any atom is 0.0538 e. The van der Waals surface area contributed by atoms with E-state index in [1.54, 1.807) is 6.20 Å². The SMILES string of the molecule is Cc1c(/C=C\N)n(-c2ccccc2)c2ccc(-c3cccc(-c4c5ccccc5c(C5C=CC=C6C=CC=CC65)c5ccccc45)c3)cc12. The summed E-state index contributed by atoms with van der Waals surface area (Å²) in [5, 5.41) is 6.44. The molecular formula is C47H36N2. The van der Waals surface area contributed by atoms with Gasteiger partial charge in [0.2, 0.25) is 0 Å². The first-order valence-corrected chi connectivity index (χ1v) is 17.1. The number of hydrogen-bond acceptors (Lipinski definition) is 1. The fourth-order valence-electron chi connectivity index (χ4n) is 8.23. The van der Waals surface area contributed by atoms with E-state index in [-0.39, 0.29) is 5.92 Å². The van der Waals surface area contributed by atoms with Crippen LogP contribution in [0.25, 0.3) is 66.5 Å². The molecule has 2 aliphatic carbocycles. The molecule has 6 aromatic carbocycles. The zero-order valence-electron chi connectivity index (χ0n) is 27.4. The molecule has 2 unspecified atom stereocenters. The van der Waals surface area contributed by atoms with Crippen molar-refractivity contribution in [3.63, 3.8) is 0 Å². The van der Waals surface area contributed by atoms with Crippen molar-refractivity contribution >= 4 is 38.5 Å². The summed E-state index contributed by atoms with van der Waals surface area (Å²) in [6.07, 6.45) is 19.5. The Bertz CT molecular complexity index is 2510. The van der Waals surface area contributed by atoms with E-state index in [0.717, 1.165) is 11.4 Å². The molecule has 7 aromatic rings. The fraction of sp³-hybridized carbons (Fsp3) is 0.0638. The second kappa shape index (κ2) is 11.8. The molecule has 2 heteroatoms. The average molecular weight is 629 g/mol. The summed E-state index contributed by atoms with van der Waals surface area (Å²) in [7, 11) is 0. The van der Waals surface area contributed by atoms with Gasteiger partial charge >= 0.3 is 0 Å². The molecule has 1 heterocycles. The van der Waals surface area contributed by atoms with Crippen molar-refractivity contribution in [2.24, 2.45) is 11.7 Å². The minimum Gasteiger partial charge on any atom is -0.405 e. The van der Waals surface area contributed by atoms with Gasteiger partial charge in [0.05, 0.1) is 11.2 Å². The van der Waals surface area contributed by atoms with Crippen molar-refractivity contribution in [2.45, 2.75) is 12.8 Å². The predicted octanol–water partition coefficient (Wildman–Crippen LogP) is 11.8. The smallest absolute Gasteiger partial charge is 0.0538 e. The first-order valence-electron chi connectivity index (χ1n) is 17.1. The molecule has 0 amide bonds. The summed E-state index contributed by atoms with van der Waals surface area (Å²) in [5.41, 5.74) is 18.2. The number of para-hydroxylation sites is 1. The minimum absolute atomic E-state index is 0.258. The van der Waals surface area contributed by atoms with Crippen LogP contribution in [0.15, 0.2) is 176 Å². The van der Waals surface area contributed by atoms with Crippen LogP contribution in [0.4, 0.5) is 0 Å². The van der Waals surface area contributed by atoms with Gasteiger partial charge in [0.25, 0.3) is 0 Å². The van der Waals surface area contributed by atoms with E-state index in [9.17, 15) is 0 Å². The minimum atomic E-state index is 0.258. The Hall–Kier alpha value is -6.12. The van der Waals surface area contributed by atoms with E-state index < -0.39 is 0 Å². The molecule has 234 valence electrons. The van der Waals surface area contributed by atoms with Crippen molar-refractivity contribution in [1.82, 2.24) is 4.57 Å². The highest BCUT2D eigenvalue weighted by molar-refractivity contribution is 6.15. The first-order chi connectivity index (χ1) is 24.2. The van der Waals surface area contributed by atoms with Gasteiger partial charge in [-0.3, -0.25) is 0 Å². The summed E-state index contributed by atoms with van der Waals surface area (Å²) in [6, 6.07) is 44.4. The molecule has 2 N–H and O–H groups in total. The summed E-state index contributed by atoms with van der Waals surface area (Å²) < 4.78 is 2.30. The Kier molecular flexibility index (Phi) is 7.02. The van der Waals surface area contributed by atoms with E-state index in [1.165, 1.54) is 71.4 Å². The van der Waals surface area contributed by atoms with Gasteiger partial charge < -0.3 is 10.3 Å². The van der Waals surface area contributed by atoms with E-state index in [2.05, 4.69) is 175 Å². The van der Waals surface area contributed by atoms with E-state index >= 15 is 0 Å². The Morgan fingerprint density at radius 2 is 1.27 bits per heavy atom. The lowest BCUT2D eigenvalue weighted by molar-refractivity contribution is 0.678. The van der Waals surface area contributed by atoms with Crippen LogP contribution in [0, 0.1) is 12.8 Å². The normalized spacial score (nSPS) is 17.0. The molecule has 0 bridgehead atoms. The van der Waals surface area contributed by atoms with Crippen LogP contribution < -0.4 is 5.73 Å². The van der Waals surface area contributed by atoms with Gasteiger partial charge in [-0.2, -0.15) is 0 Å². The maximum atomic E-state index is 5.95. The highest BCUT2D eigenvalue weighted by atomic mass is 15.0. The molecule has 1 aromatic heterocycles. The molecule has 2 aliphatic rings. The predicted molar refractivity (Wildman–Crippen MR) is 209 cm³/mol. The largest absolute Gasteiger partial charge is 0.405 e. The van der Waals surface area contributed by atoms with E-state index in [4.69, 9.17) is 5.73 Å². The maximum absolute atomic E-state index is 5.95. The lowest BCUT2D eigenvalue weighted by Crippen LogP contribution is -2.15. The third kappa shape index (κ3) is 4.71. The van der Waals surface area contributed by atoms with Crippen LogP contribution in [0.1, 0.15) is 22.7 Å². The summed E-state index contributed by atoms with van der Waals surface area (Å²) in [4.78, 5) is 0. The number of benzene rings is 6. The second-order valence-corrected chi connectivity index (χ2v) is 13.1. The molecule has 2 atom stereocenters. The van der Waals surface area contributed by atoms with Crippen molar-refractivity contribution in [3.05, 3.63) is 192 Å². The number of aromatic nitrogens is 1. The number of rotatable bonds is 5. The van der Waals surface area contributed by atoms with Gasteiger partial charge in [-0.1, -0.05) is 134 Å². The quantitative estimate of drug-likeness (QED) is 0.189. The summed E-state index contributed by atoms with van der Waals surface area (Å²) >= 11 is 0. The lowest BCUT2D eigenvalue weighted by atomic mass is 9.73. The highest BCUT2D eigenvalue weighted by Gasteiger charge is 2.28. The zero-order chi connectivity index (χ0) is 32.9. The Morgan fingerprint density at radius 1 is 0.592 bits per heavy atom. The van der Waals surface area contributed by atoms with Gasteiger partial charge in [0, 0.05) is 22.9 Å². The van der Waals surface area contributed by atoms with E-state index in [1.807, 2.05) is 6.08 Å². The molecule has 2 nitrogen and oxygen atoms in total. The summed E-state index contributed by atoms with van der Waals surface area (Å²) in [6.45, 7) is 2.19. The second-order valence-electron chi connectivity index (χ2n) is 13.1. The van der Waals surface area contributed by atoms with Gasteiger partial charge in [-0.15, -0.1) is 0 Å². The van der Waals surface area contributed by atoms with Crippen molar-refractivity contribution < 1.29 is 0 Å². The standard InChI is InChI=1S/C47H36N2/c1-31-43-30-34(25-26-45(43)49(44(31)27-28-48)36-17-3-2-4-18-36)33-15-11-16-35(29-33)46-39-20-7-9-22-41(39)47(42-23-10-8-21-40(42)46)38-24-12-14-32-13-5-6-19-37(32)38/h2-30,37-38H,48H2,1H3/b28-27-. The Labute approximate surface area is 287 Å². The van der Waals surface area contributed by atoms with Crippen molar-refractivity contribution in [3.8, 4) is 27.9 Å². The van der Waals surface area contributed by atoms with Crippen LogP contribution in [0.3, 0.4) is 0 Å². The van der Waals surface area contributed by atoms with Crippen LogP contribution in [0.5, 0.6) is 0 Å². The lowest BCUT2D eigenvalue weighted by Gasteiger charge is -2.30. The highest BCUT2D eigenvalue weighted by Crippen LogP contribution is 2.47. The van der Waals surface area contributed by atoms with Crippen LogP contribution in [0.2, 0.25) is 0 Å². The third-order valence-corrected chi connectivity index (χ3v) is 10.4. The molecule has 0 saturated carbocycles. The Balaban J connectivity index is 1.22. The number of fused-ring (bicyclic) bond motifs is 4. The molecule has 0 fully saturated rings. The molecule has 9 rings (SSSR count). The molecular weight excluding hydrogens is 593 g/mol. The zero-order valence-corrected chi connectivity index (χ0v) is 27.4. The van der Waals surface area contributed by atoms with Crippen molar-refractivity contribution in [1.29, 1.82) is 0 Å².